The van der Waals surface area contributed by atoms with E-state index in [4.69, 9.17) is 19.6 Å². The fourth-order valence-corrected chi connectivity index (χ4v) is 3.35. The maximum Gasteiger partial charge on any atom is 0.316 e. The lowest BCUT2D eigenvalue weighted by atomic mass is 9.96. The zero-order valence-electron chi connectivity index (χ0n) is 14.1. The second kappa shape index (κ2) is 7.18. The van der Waals surface area contributed by atoms with Crippen molar-refractivity contribution in [3.05, 3.63) is 24.3 Å². The zero-order chi connectivity index (χ0) is 17.1. The van der Waals surface area contributed by atoms with Gasteiger partial charge in [0.15, 0.2) is 11.5 Å². The largest absolute Gasteiger partial charge is 0.486 e. The smallest absolute Gasteiger partial charge is 0.316 e. The van der Waals surface area contributed by atoms with Gasteiger partial charge in [0.1, 0.15) is 12.7 Å². The summed E-state index contributed by atoms with van der Waals surface area (Å²) in [5.74, 6) is 2.27. The molecule has 4 rings (SSSR count). The number of aromatic nitrogens is 2. The van der Waals surface area contributed by atoms with Gasteiger partial charge in [-0.2, -0.15) is 0 Å². The molecule has 2 aromatic rings. The summed E-state index contributed by atoms with van der Waals surface area (Å²) in [6.45, 7) is 4.44. The number of anilines is 2. The van der Waals surface area contributed by atoms with E-state index in [1.165, 1.54) is 0 Å². The Morgan fingerprint density at radius 2 is 1.96 bits per heavy atom. The summed E-state index contributed by atoms with van der Waals surface area (Å²) < 4.78 is 17.0. The number of hydrogen-bond donors (Lipinski definition) is 2. The Hall–Kier alpha value is -2.48. The van der Waals surface area contributed by atoms with Gasteiger partial charge in [0, 0.05) is 13.1 Å². The average molecular weight is 345 g/mol. The van der Waals surface area contributed by atoms with Gasteiger partial charge >= 0.3 is 12.0 Å². The Kier molecular flexibility index (Phi) is 4.60. The molecule has 0 radical (unpaired) electrons. The molecule has 8 heteroatoms. The van der Waals surface area contributed by atoms with Crippen LogP contribution in [0.3, 0.4) is 0 Å². The highest BCUT2D eigenvalue weighted by Gasteiger charge is 2.26. The van der Waals surface area contributed by atoms with Gasteiger partial charge < -0.3 is 24.9 Å². The predicted octanol–water partition coefficient (Wildman–Crippen LogP) is 1.62. The number of likely N-dealkylation sites (tertiary alicyclic amines) is 1. The highest BCUT2D eigenvalue weighted by Crippen LogP contribution is 2.31. The first-order chi connectivity index (χ1) is 12.3. The van der Waals surface area contributed by atoms with Gasteiger partial charge in [-0.3, -0.25) is 4.90 Å². The van der Waals surface area contributed by atoms with E-state index in [9.17, 15) is 0 Å². The summed E-state index contributed by atoms with van der Waals surface area (Å²) >= 11 is 0. The molecule has 3 heterocycles. The van der Waals surface area contributed by atoms with E-state index in [0.29, 0.717) is 18.5 Å². The molecule has 1 fully saturated rings. The van der Waals surface area contributed by atoms with Crippen LogP contribution in [0.4, 0.5) is 12.0 Å². The number of fused-ring (bicyclic) bond motifs is 1. The van der Waals surface area contributed by atoms with Crippen molar-refractivity contribution in [1.29, 1.82) is 0 Å². The van der Waals surface area contributed by atoms with Crippen molar-refractivity contribution in [3.8, 4) is 11.5 Å². The standard InChI is InChI=1S/C17H23N5O3/c18-16-20-21-17(25-16)19-9-12-5-7-22(8-6-12)10-13-11-23-14-3-1-2-4-15(14)24-13/h1-4,12-13H,5-11H2,(H2,18,20)(H,19,21). The Morgan fingerprint density at radius 3 is 2.72 bits per heavy atom. The second-order valence-electron chi connectivity index (χ2n) is 6.57. The van der Waals surface area contributed by atoms with E-state index in [2.05, 4.69) is 20.4 Å². The molecule has 0 saturated carbocycles. The normalized spacial score (nSPS) is 21.2. The lowest BCUT2D eigenvalue weighted by molar-refractivity contribution is 0.0485. The van der Waals surface area contributed by atoms with Crippen LogP contribution in [0.1, 0.15) is 12.8 Å². The Balaban J connectivity index is 1.20. The third-order valence-corrected chi connectivity index (χ3v) is 4.72. The number of nitrogen functional groups attached to an aromatic ring is 1. The number of nitrogens with zero attached hydrogens (tertiary/aromatic N) is 3. The predicted molar refractivity (Wildman–Crippen MR) is 92.7 cm³/mol. The summed E-state index contributed by atoms with van der Waals surface area (Å²) in [6, 6.07) is 8.33. The molecule has 2 aliphatic rings. The van der Waals surface area contributed by atoms with Crippen molar-refractivity contribution in [2.24, 2.45) is 5.92 Å². The number of piperidine rings is 1. The summed E-state index contributed by atoms with van der Waals surface area (Å²) in [5, 5.41) is 10.6. The molecule has 1 unspecified atom stereocenters. The van der Waals surface area contributed by atoms with Crippen LogP contribution in [0.15, 0.2) is 28.7 Å². The molecule has 1 aromatic carbocycles. The van der Waals surface area contributed by atoms with Crippen molar-refractivity contribution in [3.63, 3.8) is 0 Å². The first-order valence-electron chi connectivity index (χ1n) is 8.70. The van der Waals surface area contributed by atoms with Gasteiger partial charge in [-0.1, -0.05) is 22.3 Å². The minimum atomic E-state index is 0.0888. The summed E-state index contributed by atoms with van der Waals surface area (Å²) in [5.41, 5.74) is 5.42. The zero-order valence-corrected chi connectivity index (χ0v) is 14.1. The summed E-state index contributed by atoms with van der Waals surface area (Å²) in [7, 11) is 0. The molecule has 1 aromatic heterocycles. The number of nitrogens with two attached hydrogens (primary N) is 1. The summed E-state index contributed by atoms with van der Waals surface area (Å²) in [6.07, 6.45) is 2.34. The molecule has 3 N–H and O–H groups in total. The fraction of sp³-hybridized carbons (Fsp3) is 0.529. The highest BCUT2D eigenvalue weighted by molar-refractivity contribution is 5.40. The molecule has 134 valence electrons. The van der Waals surface area contributed by atoms with E-state index in [0.717, 1.165) is 50.5 Å². The van der Waals surface area contributed by atoms with E-state index >= 15 is 0 Å². The van der Waals surface area contributed by atoms with E-state index in [1.807, 2.05) is 24.3 Å². The Labute approximate surface area is 146 Å². The van der Waals surface area contributed by atoms with Crippen LogP contribution in [0.5, 0.6) is 11.5 Å². The molecule has 2 aliphatic heterocycles. The maximum atomic E-state index is 6.05. The minimum Gasteiger partial charge on any atom is -0.486 e. The van der Waals surface area contributed by atoms with E-state index in [1.54, 1.807) is 0 Å². The first kappa shape index (κ1) is 16.0. The average Bonchev–Trinajstić information content (AvgIpc) is 3.06. The van der Waals surface area contributed by atoms with Crippen LogP contribution >= 0.6 is 0 Å². The third-order valence-electron chi connectivity index (χ3n) is 4.72. The van der Waals surface area contributed by atoms with Gasteiger partial charge in [0.05, 0.1) is 0 Å². The SMILES string of the molecule is Nc1nnc(NCC2CCN(CC3COc4ccccc4O3)CC2)o1. The molecular weight excluding hydrogens is 322 g/mol. The van der Waals surface area contributed by atoms with Crippen molar-refractivity contribution >= 4 is 12.0 Å². The third kappa shape index (κ3) is 3.96. The second-order valence-corrected chi connectivity index (χ2v) is 6.57. The molecule has 0 spiro atoms. The monoisotopic (exact) mass is 345 g/mol. The molecule has 0 aliphatic carbocycles. The van der Waals surface area contributed by atoms with Gasteiger partial charge in [0.25, 0.3) is 0 Å². The molecular formula is C17H23N5O3. The van der Waals surface area contributed by atoms with Crippen LogP contribution in [0.25, 0.3) is 0 Å². The Morgan fingerprint density at radius 1 is 1.16 bits per heavy atom. The van der Waals surface area contributed by atoms with Crippen molar-refractivity contribution in [2.45, 2.75) is 18.9 Å². The quantitative estimate of drug-likeness (QED) is 0.843. The minimum absolute atomic E-state index is 0.0888. The number of hydrogen-bond acceptors (Lipinski definition) is 8. The van der Waals surface area contributed by atoms with Crippen LogP contribution in [0.2, 0.25) is 0 Å². The molecule has 0 amide bonds. The molecule has 1 atom stereocenters. The van der Waals surface area contributed by atoms with Crippen LogP contribution < -0.4 is 20.5 Å². The van der Waals surface area contributed by atoms with Crippen LogP contribution in [-0.4, -0.2) is 54.0 Å². The lowest BCUT2D eigenvalue weighted by Crippen LogP contribution is -2.44. The van der Waals surface area contributed by atoms with E-state index in [-0.39, 0.29) is 12.1 Å². The van der Waals surface area contributed by atoms with Crippen LogP contribution in [0, 0.1) is 5.92 Å². The highest BCUT2D eigenvalue weighted by atomic mass is 16.6. The number of benzene rings is 1. The van der Waals surface area contributed by atoms with Crippen LogP contribution in [-0.2, 0) is 0 Å². The maximum absolute atomic E-state index is 6.05. The topological polar surface area (TPSA) is 98.7 Å². The number of para-hydroxylation sites is 2. The van der Waals surface area contributed by atoms with Gasteiger partial charge in [0.2, 0.25) is 0 Å². The Bertz CT molecular complexity index is 699. The van der Waals surface area contributed by atoms with Gasteiger partial charge in [-0.05, 0) is 44.0 Å². The summed E-state index contributed by atoms with van der Waals surface area (Å²) in [4.78, 5) is 2.45. The van der Waals surface area contributed by atoms with E-state index < -0.39 is 0 Å². The fourth-order valence-electron chi connectivity index (χ4n) is 3.35. The number of rotatable bonds is 5. The van der Waals surface area contributed by atoms with Gasteiger partial charge in [-0.15, -0.1) is 0 Å². The van der Waals surface area contributed by atoms with Gasteiger partial charge in [-0.25, -0.2) is 0 Å². The first-order valence-corrected chi connectivity index (χ1v) is 8.70. The number of ether oxygens (including phenoxy) is 2. The molecule has 25 heavy (non-hydrogen) atoms. The van der Waals surface area contributed by atoms with Crippen molar-refractivity contribution < 1.29 is 13.9 Å². The lowest BCUT2D eigenvalue weighted by Gasteiger charge is -2.35. The molecule has 8 nitrogen and oxygen atoms in total. The molecule has 1 saturated heterocycles. The molecule has 0 bridgehead atoms. The number of nitrogens with one attached hydrogen (secondary N) is 1. The van der Waals surface area contributed by atoms with Crippen molar-refractivity contribution in [1.82, 2.24) is 15.1 Å². The van der Waals surface area contributed by atoms with Crippen molar-refractivity contribution in [2.75, 3.05) is 43.8 Å².